The molecule has 0 unspecified atom stereocenters. The molecule has 4 rings (SSSR count). The number of alkyl halides is 3. The van der Waals surface area contributed by atoms with Crippen LogP contribution in [0.4, 0.5) is 27.9 Å². The van der Waals surface area contributed by atoms with Gasteiger partial charge in [-0.1, -0.05) is 0 Å². The first-order chi connectivity index (χ1) is 16.2. The number of aromatic hydroxyl groups is 1. The van der Waals surface area contributed by atoms with Crippen LogP contribution in [0, 0.1) is 11.6 Å². The third-order valence-electron chi connectivity index (χ3n) is 6.06. The van der Waals surface area contributed by atoms with Crippen molar-refractivity contribution >= 4 is 27.0 Å². The first-order valence-corrected chi connectivity index (χ1v) is 12.2. The van der Waals surface area contributed by atoms with Gasteiger partial charge in [-0.2, -0.15) is 23.3 Å². The second-order valence-electron chi connectivity index (χ2n) is 8.33. The maximum absolute atomic E-state index is 14.6. The summed E-state index contributed by atoms with van der Waals surface area (Å²) in [6, 6.07) is 0.181. The fourth-order valence-corrected chi connectivity index (χ4v) is 5.00. The van der Waals surface area contributed by atoms with Crippen molar-refractivity contribution in [1.29, 1.82) is 0 Å². The molecule has 0 amide bonds. The topological polar surface area (TPSA) is 104 Å². The molecule has 1 N–H and O–H groups in total. The number of hydrogen-bond acceptors (Lipinski definition) is 7. The second kappa shape index (κ2) is 8.55. The molecule has 3 heterocycles. The van der Waals surface area contributed by atoms with Gasteiger partial charge in [-0.15, -0.1) is 0 Å². The number of piperidine rings is 1. The van der Waals surface area contributed by atoms with Gasteiger partial charge >= 0.3 is 6.18 Å². The standard InChI is InChI=1S/C20H21F5N6O3S/c1-29(10-4-6-31(7-5-10)35(3,33)34)19-26-9-12-16(28-30(2)18(12)27-19)11-8-13(20(23,24)25)15(22)17(32)14(11)21/h8-10,32H,4-7H2,1-3H3. The van der Waals surface area contributed by atoms with E-state index in [1.807, 2.05) is 0 Å². The minimum atomic E-state index is -5.17. The number of aryl methyl sites for hydroxylation is 1. The van der Waals surface area contributed by atoms with Crippen molar-refractivity contribution in [2.75, 3.05) is 31.3 Å². The monoisotopic (exact) mass is 520 g/mol. The fraction of sp³-hybridized carbons (Fsp3) is 0.450. The Morgan fingerprint density at radius 1 is 1.17 bits per heavy atom. The van der Waals surface area contributed by atoms with E-state index in [-0.39, 0.29) is 34.8 Å². The summed E-state index contributed by atoms with van der Waals surface area (Å²) in [4.78, 5) is 10.4. The first kappa shape index (κ1) is 25.0. The molecule has 1 fully saturated rings. The number of nitrogens with zero attached hydrogens (tertiary/aromatic N) is 6. The molecule has 0 spiro atoms. The molecule has 0 saturated carbocycles. The van der Waals surface area contributed by atoms with E-state index in [2.05, 4.69) is 15.1 Å². The molecule has 0 bridgehead atoms. The highest BCUT2D eigenvalue weighted by Gasteiger charge is 2.38. The lowest BCUT2D eigenvalue weighted by Gasteiger charge is -2.35. The molecule has 0 radical (unpaired) electrons. The van der Waals surface area contributed by atoms with Crippen LogP contribution in [0.15, 0.2) is 12.3 Å². The molecule has 1 aromatic carbocycles. The Morgan fingerprint density at radius 3 is 2.37 bits per heavy atom. The lowest BCUT2D eigenvalue weighted by molar-refractivity contribution is -0.140. The Kier molecular flexibility index (Phi) is 6.12. The number of benzene rings is 1. The van der Waals surface area contributed by atoms with Crippen LogP contribution < -0.4 is 4.90 Å². The van der Waals surface area contributed by atoms with Crippen molar-refractivity contribution in [3.05, 3.63) is 29.5 Å². The molecule has 35 heavy (non-hydrogen) atoms. The molecule has 3 aromatic rings. The van der Waals surface area contributed by atoms with Gasteiger partial charge in [0.2, 0.25) is 16.0 Å². The molecule has 9 nitrogen and oxygen atoms in total. The number of halogens is 5. The van der Waals surface area contributed by atoms with Gasteiger partial charge in [-0.05, 0) is 18.9 Å². The summed E-state index contributed by atoms with van der Waals surface area (Å²) >= 11 is 0. The Balaban J connectivity index is 1.71. The van der Waals surface area contributed by atoms with Gasteiger partial charge in [-0.25, -0.2) is 31.2 Å². The van der Waals surface area contributed by atoms with Crippen LogP contribution in [0.3, 0.4) is 0 Å². The van der Waals surface area contributed by atoms with E-state index in [1.165, 1.54) is 22.2 Å². The van der Waals surface area contributed by atoms with E-state index in [1.54, 1.807) is 11.9 Å². The van der Waals surface area contributed by atoms with Crippen LogP contribution in [0.2, 0.25) is 0 Å². The van der Waals surface area contributed by atoms with Gasteiger partial charge in [0.25, 0.3) is 0 Å². The number of fused-ring (bicyclic) bond motifs is 1. The zero-order valence-corrected chi connectivity index (χ0v) is 19.6. The van der Waals surface area contributed by atoms with Crippen LogP contribution in [0.1, 0.15) is 18.4 Å². The van der Waals surface area contributed by atoms with E-state index in [4.69, 9.17) is 0 Å². The SMILES string of the molecule is CN(c1ncc2c(-c3cc(C(F)(F)F)c(F)c(O)c3F)nn(C)c2n1)C1CCN(S(C)(=O)=O)CC1. The van der Waals surface area contributed by atoms with Gasteiger partial charge in [0.05, 0.1) is 17.2 Å². The zero-order chi connectivity index (χ0) is 25.9. The Labute approximate surface area is 196 Å². The van der Waals surface area contributed by atoms with E-state index in [9.17, 15) is 35.5 Å². The number of sulfonamides is 1. The lowest BCUT2D eigenvalue weighted by atomic mass is 10.0. The number of phenolic OH excluding ortho intramolecular Hbond substituents is 1. The van der Waals surface area contributed by atoms with Crippen molar-refractivity contribution in [3.8, 4) is 17.0 Å². The van der Waals surface area contributed by atoms with Gasteiger partial charge in [0.1, 0.15) is 5.69 Å². The molecule has 0 aliphatic carbocycles. The molecule has 1 aliphatic rings. The van der Waals surface area contributed by atoms with Gasteiger partial charge in [0, 0.05) is 45.0 Å². The largest absolute Gasteiger partial charge is 0.503 e. The van der Waals surface area contributed by atoms with Crippen LogP contribution in [0.25, 0.3) is 22.3 Å². The second-order valence-corrected chi connectivity index (χ2v) is 10.3. The third-order valence-corrected chi connectivity index (χ3v) is 7.36. The predicted octanol–water partition coefficient (Wildman–Crippen LogP) is 2.89. The Bertz CT molecular complexity index is 1400. The summed E-state index contributed by atoms with van der Waals surface area (Å²) in [7, 11) is -0.117. The summed E-state index contributed by atoms with van der Waals surface area (Å²) in [5, 5.41) is 13.8. The van der Waals surface area contributed by atoms with Gasteiger partial charge < -0.3 is 10.0 Å². The summed E-state index contributed by atoms with van der Waals surface area (Å²) in [6.45, 7) is 0.668. The zero-order valence-electron chi connectivity index (χ0n) is 18.8. The summed E-state index contributed by atoms with van der Waals surface area (Å²) in [6.07, 6.45) is -1.71. The summed E-state index contributed by atoms with van der Waals surface area (Å²) in [5.41, 5.74) is -2.71. The average molecular weight is 520 g/mol. The smallest absolute Gasteiger partial charge is 0.419 e. The highest BCUT2D eigenvalue weighted by molar-refractivity contribution is 7.88. The highest BCUT2D eigenvalue weighted by atomic mass is 32.2. The molecule has 2 aromatic heterocycles. The number of phenols is 1. The number of anilines is 1. The highest BCUT2D eigenvalue weighted by Crippen LogP contribution is 2.41. The van der Waals surface area contributed by atoms with Crippen LogP contribution in [-0.4, -0.2) is 70.0 Å². The quantitative estimate of drug-likeness (QED) is 0.528. The molecule has 15 heteroatoms. The van der Waals surface area contributed by atoms with Crippen molar-refractivity contribution < 1.29 is 35.5 Å². The van der Waals surface area contributed by atoms with Crippen LogP contribution in [0.5, 0.6) is 5.75 Å². The number of aromatic nitrogens is 4. The van der Waals surface area contributed by atoms with Crippen LogP contribution in [-0.2, 0) is 23.2 Å². The van der Waals surface area contributed by atoms with E-state index >= 15 is 0 Å². The summed E-state index contributed by atoms with van der Waals surface area (Å²) in [5.74, 6) is -5.20. The van der Waals surface area contributed by atoms with Crippen molar-refractivity contribution in [2.24, 2.45) is 7.05 Å². The maximum Gasteiger partial charge on any atom is 0.419 e. The van der Waals surface area contributed by atoms with Crippen LogP contribution >= 0.6 is 0 Å². The minimum Gasteiger partial charge on any atom is -0.503 e. The number of hydrogen-bond donors (Lipinski definition) is 1. The molecular formula is C20H21F5N6O3S. The van der Waals surface area contributed by atoms with Gasteiger partial charge in [-0.3, -0.25) is 0 Å². The molecule has 0 atom stereocenters. The van der Waals surface area contributed by atoms with Crippen molar-refractivity contribution in [3.63, 3.8) is 0 Å². The normalized spacial score (nSPS) is 16.2. The van der Waals surface area contributed by atoms with E-state index in [0.717, 1.165) is 6.26 Å². The predicted molar refractivity (Wildman–Crippen MR) is 116 cm³/mol. The summed E-state index contributed by atoms with van der Waals surface area (Å²) < 4.78 is 94.2. The molecule has 190 valence electrons. The first-order valence-electron chi connectivity index (χ1n) is 10.4. The van der Waals surface area contributed by atoms with E-state index in [0.29, 0.717) is 25.9 Å². The Morgan fingerprint density at radius 2 is 1.80 bits per heavy atom. The van der Waals surface area contributed by atoms with Crippen molar-refractivity contribution in [2.45, 2.75) is 25.1 Å². The third kappa shape index (κ3) is 4.49. The molecule has 1 aliphatic heterocycles. The molecule has 1 saturated heterocycles. The average Bonchev–Trinajstić information content (AvgIpc) is 3.11. The lowest BCUT2D eigenvalue weighted by Crippen LogP contribution is -2.45. The maximum atomic E-state index is 14.6. The number of rotatable bonds is 4. The van der Waals surface area contributed by atoms with Gasteiger partial charge in [0.15, 0.2) is 23.0 Å². The molecular weight excluding hydrogens is 499 g/mol. The fourth-order valence-electron chi connectivity index (χ4n) is 4.12. The minimum absolute atomic E-state index is 0.0704. The Hall–Kier alpha value is -3.07. The van der Waals surface area contributed by atoms with E-state index < -0.39 is 44.7 Å². The van der Waals surface area contributed by atoms with Crippen molar-refractivity contribution in [1.82, 2.24) is 24.1 Å².